The van der Waals surface area contributed by atoms with Crippen LogP contribution in [0, 0.1) is 0 Å². The summed E-state index contributed by atoms with van der Waals surface area (Å²) in [4.78, 5) is 19.5. The van der Waals surface area contributed by atoms with Gasteiger partial charge in [-0.2, -0.15) is 0 Å². The summed E-state index contributed by atoms with van der Waals surface area (Å²) in [7, 11) is 0. The number of carbonyl (C=O) groups is 1. The SMILES string of the molecule is NNC=Nc1ccc(C(=O)Nc2ncco2)cc1. The van der Waals surface area contributed by atoms with Crippen LogP contribution in [-0.2, 0) is 0 Å². The van der Waals surface area contributed by atoms with Crippen LogP contribution >= 0.6 is 0 Å². The van der Waals surface area contributed by atoms with E-state index >= 15 is 0 Å². The zero-order valence-corrected chi connectivity index (χ0v) is 9.33. The van der Waals surface area contributed by atoms with Crippen LogP contribution in [0.5, 0.6) is 0 Å². The number of nitrogens with two attached hydrogens (primary N) is 1. The molecule has 4 N–H and O–H groups in total. The zero-order valence-electron chi connectivity index (χ0n) is 9.33. The molecule has 1 amide bonds. The number of nitrogens with zero attached hydrogens (tertiary/aromatic N) is 2. The molecule has 1 aromatic heterocycles. The lowest BCUT2D eigenvalue weighted by molar-refractivity contribution is 0.102. The molecule has 0 unspecified atom stereocenters. The summed E-state index contributed by atoms with van der Waals surface area (Å²) in [5.41, 5.74) is 3.45. The summed E-state index contributed by atoms with van der Waals surface area (Å²) in [6.45, 7) is 0. The molecule has 92 valence electrons. The van der Waals surface area contributed by atoms with Gasteiger partial charge in [-0.15, -0.1) is 0 Å². The molecule has 0 aliphatic carbocycles. The summed E-state index contributed by atoms with van der Waals surface area (Å²) >= 11 is 0. The van der Waals surface area contributed by atoms with Gasteiger partial charge in [-0.25, -0.2) is 15.8 Å². The molecule has 7 heteroatoms. The molecule has 7 nitrogen and oxygen atoms in total. The maximum Gasteiger partial charge on any atom is 0.301 e. The molecule has 0 radical (unpaired) electrons. The predicted molar refractivity (Wildman–Crippen MR) is 66.4 cm³/mol. The first-order valence-electron chi connectivity index (χ1n) is 5.09. The van der Waals surface area contributed by atoms with Gasteiger partial charge in [0.2, 0.25) is 0 Å². The van der Waals surface area contributed by atoms with Crippen LogP contribution in [0.3, 0.4) is 0 Å². The molecule has 1 heterocycles. The Morgan fingerprint density at radius 1 is 1.39 bits per heavy atom. The maximum atomic E-state index is 11.8. The fraction of sp³-hybridized carbons (Fsp3) is 0. The smallest absolute Gasteiger partial charge is 0.301 e. The van der Waals surface area contributed by atoms with E-state index in [4.69, 9.17) is 10.3 Å². The van der Waals surface area contributed by atoms with Crippen molar-refractivity contribution in [1.29, 1.82) is 0 Å². The van der Waals surface area contributed by atoms with Crippen molar-refractivity contribution in [2.75, 3.05) is 5.32 Å². The minimum atomic E-state index is -0.301. The second-order valence-electron chi connectivity index (χ2n) is 3.26. The van der Waals surface area contributed by atoms with Crippen LogP contribution in [0.25, 0.3) is 0 Å². The van der Waals surface area contributed by atoms with Gasteiger partial charge in [-0.05, 0) is 24.3 Å². The first kappa shape index (κ1) is 11.8. The third-order valence-electron chi connectivity index (χ3n) is 2.07. The van der Waals surface area contributed by atoms with Crippen LogP contribution in [0.1, 0.15) is 10.4 Å². The Morgan fingerprint density at radius 3 is 2.78 bits per heavy atom. The van der Waals surface area contributed by atoms with E-state index < -0.39 is 0 Å². The van der Waals surface area contributed by atoms with Crippen molar-refractivity contribution in [1.82, 2.24) is 10.4 Å². The molecular weight excluding hydrogens is 234 g/mol. The lowest BCUT2D eigenvalue weighted by Crippen LogP contribution is -2.18. The Morgan fingerprint density at radius 2 is 2.17 bits per heavy atom. The number of hydrazine groups is 1. The maximum absolute atomic E-state index is 11.8. The molecule has 0 atom stereocenters. The van der Waals surface area contributed by atoms with Gasteiger partial charge in [-0.3, -0.25) is 10.1 Å². The number of oxazole rings is 1. The van der Waals surface area contributed by atoms with E-state index in [0.717, 1.165) is 0 Å². The normalized spacial score (nSPS) is 10.5. The second kappa shape index (κ2) is 5.60. The Bertz CT molecular complexity index is 533. The molecule has 0 saturated heterocycles. The summed E-state index contributed by atoms with van der Waals surface area (Å²) in [6.07, 6.45) is 4.18. The number of hydrogen-bond donors (Lipinski definition) is 3. The van der Waals surface area contributed by atoms with Crippen molar-refractivity contribution < 1.29 is 9.21 Å². The molecular formula is C11H11N5O2. The minimum absolute atomic E-state index is 0.162. The third kappa shape index (κ3) is 2.92. The molecule has 0 spiro atoms. The highest BCUT2D eigenvalue weighted by Crippen LogP contribution is 2.13. The first-order chi connectivity index (χ1) is 8.79. The van der Waals surface area contributed by atoms with Crippen LogP contribution < -0.4 is 16.6 Å². The van der Waals surface area contributed by atoms with Gasteiger partial charge in [0, 0.05) is 5.56 Å². The Labute approximate surface area is 103 Å². The van der Waals surface area contributed by atoms with E-state index in [1.165, 1.54) is 18.8 Å². The van der Waals surface area contributed by atoms with E-state index in [1.54, 1.807) is 24.3 Å². The van der Waals surface area contributed by atoms with Crippen molar-refractivity contribution in [2.45, 2.75) is 0 Å². The summed E-state index contributed by atoms with van der Waals surface area (Å²) in [5, 5.41) is 2.51. The number of hydrogen-bond acceptors (Lipinski definition) is 5. The summed E-state index contributed by atoms with van der Waals surface area (Å²) in [6, 6.07) is 6.83. The van der Waals surface area contributed by atoms with Gasteiger partial charge in [0.1, 0.15) is 12.6 Å². The monoisotopic (exact) mass is 245 g/mol. The van der Waals surface area contributed by atoms with Crippen molar-refractivity contribution in [3.8, 4) is 0 Å². The highest BCUT2D eigenvalue weighted by molar-refractivity contribution is 6.03. The van der Waals surface area contributed by atoms with Crippen molar-refractivity contribution in [3.63, 3.8) is 0 Å². The van der Waals surface area contributed by atoms with Crippen LogP contribution in [0.15, 0.2) is 46.1 Å². The fourth-order valence-electron chi connectivity index (χ4n) is 1.27. The van der Waals surface area contributed by atoms with E-state index in [1.807, 2.05) is 0 Å². The topological polar surface area (TPSA) is 106 Å². The van der Waals surface area contributed by atoms with Gasteiger partial charge < -0.3 is 9.84 Å². The average Bonchev–Trinajstić information content (AvgIpc) is 2.89. The van der Waals surface area contributed by atoms with Crippen LogP contribution in [0.2, 0.25) is 0 Å². The number of aromatic nitrogens is 1. The van der Waals surface area contributed by atoms with Crippen LogP contribution in [-0.4, -0.2) is 17.2 Å². The predicted octanol–water partition coefficient (Wildman–Crippen LogP) is 1.05. The molecule has 0 fully saturated rings. The van der Waals surface area contributed by atoms with Gasteiger partial charge in [0.15, 0.2) is 0 Å². The zero-order chi connectivity index (χ0) is 12.8. The standard InChI is InChI=1S/C11H11N5O2/c12-15-7-14-9-3-1-8(2-4-9)10(17)16-11-13-5-6-18-11/h1-7H,12H2,(H,14,15)(H,13,16,17). The Balaban J connectivity index is 2.05. The number of anilines is 1. The molecule has 0 saturated carbocycles. The lowest BCUT2D eigenvalue weighted by atomic mass is 10.2. The quantitative estimate of drug-likeness (QED) is 0.323. The fourth-order valence-corrected chi connectivity index (χ4v) is 1.27. The number of amides is 1. The van der Waals surface area contributed by atoms with Gasteiger partial charge in [0.25, 0.3) is 5.91 Å². The van der Waals surface area contributed by atoms with E-state index in [9.17, 15) is 4.79 Å². The number of aliphatic imine (C=N–C) groups is 1. The number of benzene rings is 1. The van der Waals surface area contributed by atoms with E-state index in [-0.39, 0.29) is 11.9 Å². The van der Waals surface area contributed by atoms with E-state index in [0.29, 0.717) is 11.3 Å². The highest BCUT2D eigenvalue weighted by Gasteiger charge is 2.07. The number of carbonyl (C=O) groups excluding carboxylic acids is 1. The highest BCUT2D eigenvalue weighted by atomic mass is 16.4. The average molecular weight is 245 g/mol. The molecule has 0 aliphatic rings. The molecule has 2 rings (SSSR count). The van der Waals surface area contributed by atoms with Gasteiger partial charge in [-0.1, -0.05) is 0 Å². The number of nitrogens with one attached hydrogen (secondary N) is 2. The summed E-state index contributed by atoms with van der Waals surface area (Å²) < 4.78 is 4.91. The van der Waals surface area contributed by atoms with Crippen molar-refractivity contribution >= 4 is 23.9 Å². The van der Waals surface area contributed by atoms with Gasteiger partial charge in [0.05, 0.1) is 11.9 Å². The third-order valence-corrected chi connectivity index (χ3v) is 2.07. The Hall–Kier alpha value is -2.67. The molecule has 2 aromatic rings. The Kier molecular flexibility index (Phi) is 3.67. The number of rotatable bonds is 4. The van der Waals surface area contributed by atoms with Gasteiger partial charge >= 0.3 is 6.01 Å². The van der Waals surface area contributed by atoms with Crippen molar-refractivity contribution in [2.24, 2.45) is 10.8 Å². The first-order valence-corrected chi connectivity index (χ1v) is 5.09. The molecule has 1 aromatic carbocycles. The second-order valence-corrected chi connectivity index (χ2v) is 3.26. The largest absolute Gasteiger partial charge is 0.432 e. The molecule has 0 aliphatic heterocycles. The molecule has 0 bridgehead atoms. The minimum Gasteiger partial charge on any atom is -0.432 e. The lowest BCUT2D eigenvalue weighted by Gasteiger charge is -2.01. The van der Waals surface area contributed by atoms with E-state index in [2.05, 4.69) is 20.7 Å². The summed E-state index contributed by atoms with van der Waals surface area (Å²) in [5.74, 6) is 4.75. The molecule has 18 heavy (non-hydrogen) atoms. The van der Waals surface area contributed by atoms with Crippen LogP contribution in [0.4, 0.5) is 11.7 Å². The van der Waals surface area contributed by atoms with Crippen molar-refractivity contribution in [3.05, 3.63) is 42.3 Å².